The van der Waals surface area contributed by atoms with Crippen molar-refractivity contribution in [3.63, 3.8) is 0 Å². The molecule has 0 saturated heterocycles. The fourth-order valence-electron chi connectivity index (χ4n) is 1.98. The minimum atomic E-state index is -2.87. The maximum Gasteiger partial charge on any atom is 0.284 e. The summed E-state index contributed by atoms with van der Waals surface area (Å²) < 4.78 is 39.5. The van der Waals surface area contributed by atoms with Crippen LogP contribution in [0.4, 0.5) is 18.9 Å². The molecule has 22 heavy (non-hydrogen) atoms. The highest BCUT2D eigenvalue weighted by Gasteiger charge is 2.22. The lowest BCUT2D eigenvalue weighted by Crippen LogP contribution is -2.15. The summed E-state index contributed by atoms with van der Waals surface area (Å²) in [5.41, 5.74) is -0.325. The van der Waals surface area contributed by atoms with Crippen molar-refractivity contribution in [3.05, 3.63) is 34.9 Å². The third-order valence-electron chi connectivity index (χ3n) is 3.07. The van der Waals surface area contributed by atoms with E-state index in [9.17, 15) is 18.0 Å². The number of aromatic nitrogens is 5. The monoisotopic (exact) mass is 310 g/mol. The summed E-state index contributed by atoms with van der Waals surface area (Å²) >= 11 is 0. The Bertz CT molecular complexity index is 856. The number of amides is 1. The van der Waals surface area contributed by atoms with Crippen LogP contribution in [0.25, 0.3) is 11.0 Å². The van der Waals surface area contributed by atoms with E-state index in [1.807, 2.05) is 0 Å². The number of alkyl halides is 2. The van der Waals surface area contributed by atoms with Gasteiger partial charge in [0.05, 0.1) is 16.9 Å². The Labute approximate surface area is 120 Å². The Morgan fingerprint density at radius 2 is 1.91 bits per heavy atom. The van der Waals surface area contributed by atoms with Gasteiger partial charge in [-0.3, -0.25) is 9.89 Å². The summed E-state index contributed by atoms with van der Waals surface area (Å²) in [5, 5.41) is 17.7. The van der Waals surface area contributed by atoms with Gasteiger partial charge < -0.3 is 5.32 Å². The SMILES string of the molecule is Cc1[nH]nc(C(F)F)c1NC(=O)c1cc2n[nH]nc2cc1F. The molecule has 3 aromatic rings. The van der Waals surface area contributed by atoms with Gasteiger partial charge in [-0.15, -0.1) is 0 Å². The van der Waals surface area contributed by atoms with Crippen LogP contribution in [-0.4, -0.2) is 31.5 Å². The zero-order valence-corrected chi connectivity index (χ0v) is 11.1. The van der Waals surface area contributed by atoms with Gasteiger partial charge in [-0.25, -0.2) is 13.2 Å². The number of aryl methyl sites for hydroxylation is 1. The Balaban J connectivity index is 1.97. The van der Waals surface area contributed by atoms with E-state index in [2.05, 4.69) is 30.9 Å². The normalized spacial score (nSPS) is 11.3. The molecule has 0 bridgehead atoms. The summed E-state index contributed by atoms with van der Waals surface area (Å²) in [6, 6.07) is 2.21. The highest BCUT2D eigenvalue weighted by Crippen LogP contribution is 2.28. The van der Waals surface area contributed by atoms with Gasteiger partial charge in [0, 0.05) is 6.07 Å². The Kier molecular flexibility index (Phi) is 3.28. The van der Waals surface area contributed by atoms with Crippen LogP contribution in [0.15, 0.2) is 12.1 Å². The molecule has 0 saturated carbocycles. The van der Waals surface area contributed by atoms with E-state index in [0.717, 1.165) is 6.07 Å². The van der Waals surface area contributed by atoms with E-state index in [4.69, 9.17) is 0 Å². The minimum absolute atomic E-state index is 0.167. The first-order chi connectivity index (χ1) is 10.5. The summed E-state index contributed by atoms with van der Waals surface area (Å²) in [4.78, 5) is 12.1. The highest BCUT2D eigenvalue weighted by atomic mass is 19.3. The molecule has 0 radical (unpaired) electrons. The standard InChI is InChI=1S/C12H9F3N6O/c1-4-9(10(11(14)15)20-17-4)16-12(22)5-2-7-8(3-6(5)13)19-21-18-7/h2-3,11H,1H3,(H,16,22)(H,17,20)(H,18,19,21). The first-order valence-corrected chi connectivity index (χ1v) is 6.11. The average molecular weight is 310 g/mol. The van der Waals surface area contributed by atoms with Gasteiger partial charge in [0.2, 0.25) is 0 Å². The predicted octanol–water partition coefficient (Wildman–Crippen LogP) is 2.32. The highest BCUT2D eigenvalue weighted by molar-refractivity contribution is 6.06. The molecule has 7 nitrogen and oxygen atoms in total. The largest absolute Gasteiger partial charge is 0.319 e. The molecule has 0 aliphatic carbocycles. The second-order valence-corrected chi connectivity index (χ2v) is 4.51. The predicted molar refractivity (Wildman–Crippen MR) is 70.1 cm³/mol. The number of fused-ring (bicyclic) bond motifs is 1. The van der Waals surface area contributed by atoms with Crippen LogP contribution in [0.5, 0.6) is 0 Å². The quantitative estimate of drug-likeness (QED) is 0.691. The molecule has 3 rings (SSSR count). The molecule has 2 aromatic heterocycles. The van der Waals surface area contributed by atoms with Crippen LogP contribution in [0.3, 0.4) is 0 Å². The maximum absolute atomic E-state index is 13.9. The van der Waals surface area contributed by atoms with Crippen molar-refractivity contribution in [3.8, 4) is 0 Å². The first kappa shape index (κ1) is 14.0. The average Bonchev–Trinajstić information content (AvgIpc) is 3.05. The van der Waals surface area contributed by atoms with E-state index in [0.29, 0.717) is 0 Å². The van der Waals surface area contributed by atoms with Crippen LogP contribution < -0.4 is 5.32 Å². The maximum atomic E-state index is 13.9. The molecule has 0 aliphatic heterocycles. The molecule has 0 unspecified atom stereocenters. The number of carbonyl (C=O) groups excluding carboxylic acids is 1. The van der Waals surface area contributed by atoms with Crippen molar-refractivity contribution >= 4 is 22.6 Å². The van der Waals surface area contributed by atoms with Gasteiger partial charge in [0.15, 0.2) is 5.69 Å². The molecule has 1 amide bonds. The van der Waals surface area contributed by atoms with Gasteiger partial charge in [-0.2, -0.15) is 20.5 Å². The fraction of sp³-hybridized carbons (Fsp3) is 0.167. The number of hydrogen-bond donors (Lipinski definition) is 3. The molecular weight excluding hydrogens is 301 g/mol. The number of nitrogens with zero attached hydrogens (tertiary/aromatic N) is 3. The van der Waals surface area contributed by atoms with Crippen LogP contribution >= 0.6 is 0 Å². The van der Waals surface area contributed by atoms with E-state index in [-0.39, 0.29) is 28.0 Å². The van der Waals surface area contributed by atoms with Crippen molar-refractivity contribution in [2.75, 3.05) is 5.32 Å². The topological polar surface area (TPSA) is 99.4 Å². The first-order valence-electron chi connectivity index (χ1n) is 6.11. The number of H-pyrrole nitrogens is 2. The van der Waals surface area contributed by atoms with E-state index >= 15 is 0 Å². The van der Waals surface area contributed by atoms with Crippen LogP contribution in [-0.2, 0) is 0 Å². The minimum Gasteiger partial charge on any atom is -0.319 e. The lowest BCUT2D eigenvalue weighted by molar-refractivity contribution is 0.102. The third-order valence-corrected chi connectivity index (χ3v) is 3.07. The molecule has 0 aliphatic rings. The molecule has 0 atom stereocenters. The summed E-state index contributed by atoms with van der Waals surface area (Å²) in [6.07, 6.45) is -2.87. The van der Waals surface area contributed by atoms with Crippen LogP contribution in [0, 0.1) is 12.7 Å². The van der Waals surface area contributed by atoms with Crippen LogP contribution in [0.2, 0.25) is 0 Å². The number of anilines is 1. The molecular formula is C12H9F3N6O. The molecule has 1 aromatic carbocycles. The number of halogens is 3. The number of carbonyl (C=O) groups is 1. The molecule has 2 heterocycles. The van der Waals surface area contributed by atoms with Crippen molar-refractivity contribution in [1.29, 1.82) is 0 Å². The van der Waals surface area contributed by atoms with Crippen molar-refractivity contribution in [2.24, 2.45) is 0 Å². The lowest BCUT2D eigenvalue weighted by Gasteiger charge is -2.07. The van der Waals surface area contributed by atoms with E-state index in [1.165, 1.54) is 13.0 Å². The van der Waals surface area contributed by atoms with E-state index < -0.39 is 23.8 Å². The fourth-order valence-corrected chi connectivity index (χ4v) is 1.98. The number of hydrogen-bond acceptors (Lipinski definition) is 4. The molecule has 10 heteroatoms. The summed E-state index contributed by atoms with van der Waals surface area (Å²) in [5.74, 6) is -1.72. The zero-order chi connectivity index (χ0) is 15.9. The van der Waals surface area contributed by atoms with Crippen LogP contribution in [0.1, 0.15) is 28.2 Å². The van der Waals surface area contributed by atoms with Gasteiger partial charge in [0.25, 0.3) is 12.3 Å². The Hall–Kier alpha value is -2.91. The number of rotatable bonds is 3. The second kappa shape index (κ2) is 5.13. The molecule has 114 valence electrons. The van der Waals surface area contributed by atoms with E-state index in [1.54, 1.807) is 0 Å². The third kappa shape index (κ3) is 2.28. The Morgan fingerprint density at radius 1 is 1.23 bits per heavy atom. The summed E-state index contributed by atoms with van der Waals surface area (Å²) in [6.45, 7) is 1.46. The summed E-state index contributed by atoms with van der Waals surface area (Å²) in [7, 11) is 0. The molecule has 3 N–H and O–H groups in total. The van der Waals surface area contributed by atoms with Gasteiger partial charge in [-0.1, -0.05) is 0 Å². The number of benzene rings is 1. The van der Waals surface area contributed by atoms with Gasteiger partial charge in [0.1, 0.15) is 16.9 Å². The van der Waals surface area contributed by atoms with Gasteiger partial charge in [-0.05, 0) is 13.0 Å². The molecule has 0 fully saturated rings. The lowest BCUT2D eigenvalue weighted by atomic mass is 10.1. The Morgan fingerprint density at radius 3 is 2.59 bits per heavy atom. The van der Waals surface area contributed by atoms with Crippen molar-refractivity contribution in [2.45, 2.75) is 13.3 Å². The number of nitrogens with one attached hydrogen (secondary N) is 3. The zero-order valence-electron chi connectivity index (χ0n) is 11.1. The second-order valence-electron chi connectivity index (χ2n) is 4.51. The van der Waals surface area contributed by atoms with Crippen molar-refractivity contribution < 1.29 is 18.0 Å². The smallest absolute Gasteiger partial charge is 0.284 e. The number of aromatic amines is 2. The van der Waals surface area contributed by atoms with Gasteiger partial charge >= 0.3 is 0 Å². The van der Waals surface area contributed by atoms with Crippen molar-refractivity contribution in [1.82, 2.24) is 25.6 Å². The molecule has 0 spiro atoms.